The number of carboxylic acid groups (broad SMARTS) is 1. The van der Waals surface area contributed by atoms with Gasteiger partial charge in [-0.05, 0) is 12.8 Å². The van der Waals surface area contributed by atoms with Crippen LogP contribution in [0.3, 0.4) is 0 Å². The third-order valence-electron chi connectivity index (χ3n) is 3.13. The molecule has 0 amide bonds. The Morgan fingerprint density at radius 1 is 0.714 bits per heavy atom. The standard InChI is InChI=1S/C15H22O6/c16-11-13(18)15(21)12(17)9-7-5-3-1-2-4-6-8-10-14(19)20/h11H,1-10H2,(H,19,20). The van der Waals surface area contributed by atoms with Gasteiger partial charge in [0.05, 0.1) is 0 Å². The maximum atomic E-state index is 11.2. The predicted octanol–water partition coefficient (Wildman–Crippen LogP) is 1.88. The monoisotopic (exact) mass is 298 g/mol. The molecular formula is C15H22O6. The van der Waals surface area contributed by atoms with Crippen molar-refractivity contribution in [3.63, 3.8) is 0 Å². The lowest BCUT2D eigenvalue weighted by Crippen LogP contribution is -2.24. The van der Waals surface area contributed by atoms with Gasteiger partial charge < -0.3 is 5.11 Å². The Hall–Kier alpha value is -1.85. The molecule has 0 fully saturated rings. The number of carboxylic acids is 1. The molecule has 6 heteroatoms. The summed E-state index contributed by atoms with van der Waals surface area (Å²) in [6.45, 7) is 0. The fraction of sp³-hybridized carbons (Fsp3) is 0.667. The van der Waals surface area contributed by atoms with E-state index in [0.29, 0.717) is 12.8 Å². The van der Waals surface area contributed by atoms with Crippen molar-refractivity contribution in [2.75, 3.05) is 0 Å². The number of aliphatic carboxylic acids is 1. The van der Waals surface area contributed by atoms with E-state index in [2.05, 4.69) is 0 Å². The third-order valence-corrected chi connectivity index (χ3v) is 3.13. The topological polar surface area (TPSA) is 106 Å². The molecule has 0 saturated carbocycles. The lowest BCUT2D eigenvalue weighted by molar-refractivity contribution is -0.145. The van der Waals surface area contributed by atoms with Crippen LogP contribution in [0.2, 0.25) is 0 Å². The van der Waals surface area contributed by atoms with Gasteiger partial charge in [-0.25, -0.2) is 0 Å². The number of rotatable bonds is 14. The molecule has 0 aromatic rings. The van der Waals surface area contributed by atoms with Crippen LogP contribution in [-0.4, -0.2) is 34.7 Å². The average Bonchev–Trinajstić information content (AvgIpc) is 2.46. The summed E-state index contributed by atoms with van der Waals surface area (Å²) in [7, 11) is 0. The van der Waals surface area contributed by atoms with Gasteiger partial charge in [0.1, 0.15) is 0 Å². The summed E-state index contributed by atoms with van der Waals surface area (Å²) in [4.78, 5) is 53.3. The van der Waals surface area contributed by atoms with E-state index in [0.717, 1.165) is 38.5 Å². The molecule has 0 unspecified atom stereocenters. The average molecular weight is 298 g/mol. The summed E-state index contributed by atoms with van der Waals surface area (Å²) in [5.41, 5.74) is 0. The summed E-state index contributed by atoms with van der Waals surface area (Å²) in [5.74, 6) is -4.05. The van der Waals surface area contributed by atoms with Crippen molar-refractivity contribution in [1.29, 1.82) is 0 Å². The number of carbonyl (C=O) groups excluding carboxylic acids is 4. The first-order valence-electron chi connectivity index (χ1n) is 7.27. The molecule has 1 N–H and O–H groups in total. The summed E-state index contributed by atoms with van der Waals surface area (Å²) < 4.78 is 0. The number of hydrogen-bond donors (Lipinski definition) is 1. The molecule has 118 valence electrons. The Balaban J connectivity index is 3.42. The molecule has 0 aliphatic heterocycles. The van der Waals surface area contributed by atoms with Gasteiger partial charge in [-0.2, -0.15) is 0 Å². The molecule has 0 aliphatic rings. The maximum Gasteiger partial charge on any atom is 0.303 e. The Labute approximate surface area is 123 Å². The van der Waals surface area contributed by atoms with Crippen molar-refractivity contribution in [1.82, 2.24) is 0 Å². The van der Waals surface area contributed by atoms with Gasteiger partial charge in [-0.1, -0.05) is 38.5 Å². The maximum absolute atomic E-state index is 11.2. The summed E-state index contributed by atoms with van der Waals surface area (Å²) in [6, 6.07) is 0. The fourth-order valence-corrected chi connectivity index (χ4v) is 1.93. The molecule has 21 heavy (non-hydrogen) atoms. The molecule has 0 aromatic carbocycles. The zero-order valence-electron chi connectivity index (χ0n) is 12.1. The van der Waals surface area contributed by atoms with Crippen LogP contribution in [0.25, 0.3) is 0 Å². The molecule has 0 aliphatic carbocycles. The van der Waals surface area contributed by atoms with E-state index < -0.39 is 23.3 Å². The van der Waals surface area contributed by atoms with Crippen LogP contribution in [0.4, 0.5) is 0 Å². The van der Waals surface area contributed by atoms with Crippen LogP contribution in [0, 0.1) is 0 Å². The number of Topliss-reactive ketones (excluding diaryl/α,β-unsaturated/α-hetero) is 3. The Bertz CT molecular complexity index is 386. The van der Waals surface area contributed by atoms with Crippen molar-refractivity contribution in [2.45, 2.75) is 64.2 Å². The summed E-state index contributed by atoms with van der Waals surface area (Å²) in [6.07, 6.45) is 7.00. The predicted molar refractivity (Wildman–Crippen MR) is 74.9 cm³/mol. The minimum Gasteiger partial charge on any atom is -0.481 e. The molecule has 6 nitrogen and oxygen atoms in total. The van der Waals surface area contributed by atoms with Gasteiger partial charge in [0.2, 0.25) is 5.78 Å². The van der Waals surface area contributed by atoms with Gasteiger partial charge in [-0.3, -0.25) is 24.0 Å². The largest absolute Gasteiger partial charge is 0.481 e. The second-order valence-electron chi connectivity index (χ2n) is 4.96. The number of hydrogen-bond acceptors (Lipinski definition) is 5. The van der Waals surface area contributed by atoms with E-state index in [9.17, 15) is 24.0 Å². The van der Waals surface area contributed by atoms with Gasteiger partial charge in [-0.15, -0.1) is 0 Å². The van der Waals surface area contributed by atoms with E-state index in [-0.39, 0.29) is 19.1 Å². The van der Waals surface area contributed by atoms with E-state index in [1.165, 1.54) is 0 Å². The van der Waals surface area contributed by atoms with Crippen molar-refractivity contribution in [2.24, 2.45) is 0 Å². The van der Waals surface area contributed by atoms with Crippen molar-refractivity contribution < 1.29 is 29.1 Å². The van der Waals surface area contributed by atoms with Crippen LogP contribution in [-0.2, 0) is 24.0 Å². The van der Waals surface area contributed by atoms with Crippen LogP contribution in [0.15, 0.2) is 0 Å². The van der Waals surface area contributed by atoms with E-state index in [1.807, 2.05) is 0 Å². The highest BCUT2D eigenvalue weighted by molar-refractivity contribution is 6.74. The quantitative estimate of drug-likeness (QED) is 0.227. The second-order valence-corrected chi connectivity index (χ2v) is 4.96. The zero-order chi connectivity index (χ0) is 16.1. The Morgan fingerprint density at radius 3 is 1.57 bits per heavy atom. The number of aldehydes is 1. The smallest absolute Gasteiger partial charge is 0.303 e. The first-order chi connectivity index (χ1) is 9.99. The Kier molecular flexibility index (Phi) is 10.9. The summed E-state index contributed by atoms with van der Waals surface area (Å²) >= 11 is 0. The molecule has 0 bridgehead atoms. The molecule has 0 heterocycles. The minimum atomic E-state index is -1.28. The number of carbonyl (C=O) groups is 5. The molecule has 0 spiro atoms. The second kappa shape index (κ2) is 11.9. The van der Waals surface area contributed by atoms with Crippen LogP contribution < -0.4 is 0 Å². The van der Waals surface area contributed by atoms with E-state index >= 15 is 0 Å². The molecule has 0 radical (unpaired) electrons. The van der Waals surface area contributed by atoms with Crippen molar-refractivity contribution in [3.05, 3.63) is 0 Å². The van der Waals surface area contributed by atoms with E-state index in [1.54, 1.807) is 0 Å². The molecular weight excluding hydrogens is 276 g/mol. The lowest BCUT2D eigenvalue weighted by Gasteiger charge is -2.01. The number of unbranched alkanes of at least 4 members (excludes halogenated alkanes) is 7. The number of ketones is 3. The SMILES string of the molecule is O=CC(=O)C(=O)C(=O)CCCCCCCCCCC(=O)O. The first kappa shape index (κ1) is 19.1. The van der Waals surface area contributed by atoms with Gasteiger partial charge >= 0.3 is 5.97 Å². The first-order valence-corrected chi connectivity index (χ1v) is 7.27. The highest BCUT2D eigenvalue weighted by Gasteiger charge is 2.20. The highest BCUT2D eigenvalue weighted by atomic mass is 16.4. The third kappa shape index (κ3) is 10.6. The fourth-order valence-electron chi connectivity index (χ4n) is 1.93. The molecule has 0 aromatic heterocycles. The molecule has 0 atom stereocenters. The van der Waals surface area contributed by atoms with Gasteiger partial charge in [0.15, 0.2) is 6.29 Å². The van der Waals surface area contributed by atoms with Gasteiger partial charge in [0, 0.05) is 12.8 Å². The van der Waals surface area contributed by atoms with Crippen LogP contribution in [0.1, 0.15) is 64.2 Å². The highest BCUT2D eigenvalue weighted by Crippen LogP contribution is 2.10. The van der Waals surface area contributed by atoms with Crippen molar-refractivity contribution in [3.8, 4) is 0 Å². The molecule has 0 rings (SSSR count). The van der Waals surface area contributed by atoms with Crippen LogP contribution >= 0.6 is 0 Å². The normalized spacial score (nSPS) is 10.1. The summed E-state index contributed by atoms with van der Waals surface area (Å²) in [5, 5.41) is 8.46. The van der Waals surface area contributed by atoms with Gasteiger partial charge in [0.25, 0.3) is 11.6 Å². The minimum absolute atomic E-state index is 0.0109. The lowest BCUT2D eigenvalue weighted by atomic mass is 10.0. The Morgan fingerprint density at radius 2 is 1.14 bits per heavy atom. The van der Waals surface area contributed by atoms with Crippen LogP contribution in [0.5, 0.6) is 0 Å². The molecule has 0 saturated heterocycles. The zero-order valence-corrected chi connectivity index (χ0v) is 12.1. The van der Waals surface area contributed by atoms with E-state index in [4.69, 9.17) is 5.11 Å². The van der Waals surface area contributed by atoms with Crippen molar-refractivity contribution >= 4 is 29.6 Å².